The van der Waals surface area contributed by atoms with Crippen LogP contribution in [0.15, 0.2) is 34.9 Å². The summed E-state index contributed by atoms with van der Waals surface area (Å²) < 4.78 is 11.1. The molecule has 2 aromatic rings. The van der Waals surface area contributed by atoms with Gasteiger partial charge in [0.1, 0.15) is 11.5 Å². The van der Waals surface area contributed by atoms with Crippen molar-refractivity contribution in [1.29, 1.82) is 0 Å². The lowest BCUT2D eigenvalue weighted by Crippen LogP contribution is -2.23. The highest BCUT2D eigenvalue weighted by atomic mass is 16.5. The summed E-state index contributed by atoms with van der Waals surface area (Å²) in [7, 11) is 1.72. The average molecular weight is 273 g/mol. The van der Waals surface area contributed by atoms with Crippen LogP contribution in [0.4, 0.5) is 0 Å². The number of benzene rings is 1. The predicted molar refractivity (Wildman–Crippen MR) is 81.3 cm³/mol. The van der Waals surface area contributed by atoms with Crippen molar-refractivity contribution in [2.45, 2.75) is 33.2 Å². The van der Waals surface area contributed by atoms with Gasteiger partial charge >= 0.3 is 0 Å². The number of ether oxygens (including phenoxy) is 1. The van der Waals surface area contributed by atoms with Gasteiger partial charge in [-0.05, 0) is 25.6 Å². The number of methoxy groups -OCH3 is 1. The Morgan fingerprint density at radius 1 is 1.20 bits per heavy atom. The van der Waals surface area contributed by atoms with Gasteiger partial charge in [0.05, 0.1) is 19.4 Å². The van der Waals surface area contributed by atoms with Crippen molar-refractivity contribution >= 4 is 0 Å². The number of aryl methyl sites for hydroxylation is 2. The molecule has 3 nitrogen and oxygen atoms in total. The Morgan fingerprint density at radius 2 is 2.00 bits per heavy atom. The van der Waals surface area contributed by atoms with E-state index in [0.29, 0.717) is 0 Å². The van der Waals surface area contributed by atoms with Crippen LogP contribution in [0.25, 0.3) is 0 Å². The Labute approximate surface area is 121 Å². The van der Waals surface area contributed by atoms with E-state index in [1.807, 2.05) is 12.1 Å². The summed E-state index contributed by atoms with van der Waals surface area (Å²) in [6, 6.07) is 8.43. The normalized spacial score (nSPS) is 12.4. The topological polar surface area (TPSA) is 34.4 Å². The molecule has 1 aromatic carbocycles. The second-order valence-electron chi connectivity index (χ2n) is 4.89. The first kappa shape index (κ1) is 14.7. The SMILES string of the molecule is CCNC(c1cc(C)ccc1OC)c1ccoc1CC. The molecule has 0 saturated carbocycles. The molecule has 1 N–H and O–H groups in total. The number of hydrogen-bond donors (Lipinski definition) is 1. The van der Waals surface area contributed by atoms with Crippen LogP contribution in [-0.2, 0) is 6.42 Å². The molecule has 0 amide bonds. The van der Waals surface area contributed by atoms with Gasteiger partial charge in [0, 0.05) is 17.5 Å². The fraction of sp³-hybridized carbons (Fsp3) is 0.412. The molecule has 0 aliphatic heterocycles. The quantitative estimate of drug-likeness (QED) is 0.868. The zero-order chi connectivity index (χ0) is 14.5. The Balaban J connectivity index is 2.50. The molecule has 2 rings (SSSR count). The lowest BCUT2D eigenvalue weighted by molar-refractivity contribution is 0.403. The largest absolute Gasteiger partial charge is 0.496 e. The smallest absolute Gasteiger partial charge is 0.124 e. The van der Waals surface area contributed by atoms with Crippen LogP contribution < -0.4 is 10.1 Å². The van der Waals surface area contributed by atoms with Gasteiger partial charge in [-0.1, -0.05) is 31.5 Å². The highest BCUT2D eigenvalue weighted by Gasteiger charge is 2.21. The molecule has 20 heavy (non-hydrogen) atoms. The maximum atomic E-state index is 5.59. The van der Waals surface area contributed by atoms with Crippen molar-refractivity contribution in [2.24, 2.45) is 0 Å². The van der Waals surface area contributed by atoms with Gasteiger partial charge in [-0.3, -0.25) is 0 Å². The highest BCUT2D eigenvalue weighted by Crippen LogP contribution is 2.33. The van der Waals surface area contributed by atoms with Crippen LogP contribution in [0, 0.1) is 6.92 Å². The van der Waals surface area contributed by atoms with Gasteiger partial charge in [-0.2, -0.15) is 0 Å². The first-order chi connectivity index (χ1) is 9.71. The fourth-order valence-electron chi connectivity index (χ4n) is 2.57. The third-order valence-electron chi connectivity index (χ3n) is 3.52. The summed E-state index contributed by atoms with van der Waals surface area (Å²) in [5.74, 6) is 1.93. The second kappa shape index (κ2) is 6.62. The maximum Gasteiger partial charge on any atom is 0.124 e. The zero-order valence-corrected chi connectivity index (χ0v) is 12.7. The van der Waals surface area contributed by atoms with Crippen LogP contribution in [-0.4, -0.2) is 13.7 Å². The number of nitrogens with one attached hydrogen (secondary N) is 1. The van der Waals surface area contributed by atoms with Crippen molar-refractivity contribution in [2.75, 3.05) is 13.7 Å². The summed E-state index contributed by atoms with van der Waals surface area (Å²) in [6.45, 7) is 7.21. The first-order valence-corrected chi connectivity index (χ1v) is 7.15. The van der Waals surface area contributed by atoms with Crippen LogP contribution in [0.5, 0.6) is 5.75 Å². The van der Waals surface area contributed by atoms with Gasteiger partial charge < -0.3 is 14.5 Å². The molecule has 0 spiro atoms. The number of rotatable bonds is 6. The van der Waals surface area contributed by atoms with E-state index in [4.69, 9.17) is 9.15 Å². The molecule has 108 valence electrons. The summed E-state index contributed by atoms with van der Waals surface area (Å²) in [6.07, 6.45) is 2.65. The minimum Gasteiger partial charge on any atom is -0.496 e. The van der Waals surface area contributed by atoms with E-state index < -0.39 is 0 Å². The highest BCUT2D eigenvalue weighted by molar-refractivity contribution is 5.44. The van der Waals surface area contributed by atoms with Crippen LogP contribution >= 0.6 is 0 Å². The third-order valence-corrected chi connectivity index (χ3v) is 3.52. The zero-order valence-electron chi connectivity index (χ0n) is 12.7. The van der Waals surface area contributed by atoms with E-state index in [1.165, 1.54) is 11.1 Å². The minimum atomic E-state index is 0.101. The molecular formula is C17H23NO2. The van der Waals surface area contributed by atoms with Gasteiger partial charge in [-0.25, -0.2) is 0 Å². The second-order valence-corrected chi connectivity index (χ2v) is 4.89. The molecule has 0 aliphatic carbocycles. The summed E-state index contributed by atoms with van der Waals surface area (Å²) >= 11 is 0. The molecule has 0 aliphatic rings. The van der Waals surface area contributed by atoms with Crippen molar-refractivity contribution < 1.29 is 9.15 Å². The van der Waals surface area contributed by atoms with E-state index in [9.17, 15) is 0 Å². The van der Waals surface area contributed by atoms with Crippen molar-refractivity contribution in [1.82, 2.24) is 5.32 Å². The van der Waals surface area contributed by atoms with E-state index in [2.05, 4.69) is 38.2 Å². The van der Waals surface area contributed by atoms with E-state index in [-0.39, 0.29) is 6.04 Å². The lowest BCUT2D eigenvalue weighted by atomic mass is 9.96. The van der Waals surface area contributed by atoms with Gasteiger partial charge in [0.15, 0.2) is 0 Å². The molecule has 1 aromatic heterocycles. The van der Waals surface area contributed by atoms with E-state index >= 15 is 0 Å². The van der Waals surface area contributed by atoms with E-state index in [0.717, 1.165) is 30.0 Å². The first-order valence-electron chi connectivity index (χ1n) is 7.15. The van der Waals surface area contributed by atoms with Crippen LogP contribution in [0.2, 0.25) is 0 Å². The Hall–Kier alpha value is -1.74. The molecule has 1 atom stereocenters. The molecular weight excluding hydrogens is 250 g/mol. The lowest BCUT2D eigenvalue weighted by Gasteiger charge is -2.21. The summed E-state index contributed by atoms with van der Waals surface area (Å²) in [5, 5.41) is 3.54. The number of hydrogen-bond acceptors (Lipinski definition) is 3. The van der Waals surface area contributed by atoms with Crippen molar-refractivity contribution in [3.05, 3.63) is 53.0 Å². The predicted octanol–water partition coefficient (Wildman–Crippen LogP) is 3.86. The molecule has 0 saturated heterocycles. The van der Waals surface area contributed by atoms with Crippen molar-refractivity contribution in [3.8, 4) is 5.75 Å². The third kappa shape index (κ3) is 2.88. The Kier molecular flexibility index (Phi) is 4.85. The molecule has 1 unspecified atom stereocenters. The van der Waals surface area contributed by atoms with E-state index in [1.54, 1.807) is 13.4 Å². The molecule has 0 bridgehead atoms. The molecule has 1 heterocycles. The monoisotopic (exact) mass is 273 g/mol. The minimum absolute atomic E-state index is 0.101. The molecule has 0 radical (unpaired) electrons. The van der Waals surface area contributed by atoms with Gasteiger partial charge in [0.2, 0.25) is 0 Å². The van der Waals surface area contributed by atoms with Crippen molar-refractivity contribution in [3.63, 3.8) is 0 Å². The maximum absolute atomic E-state index is 5.59. The molecule has 0 fully saturated rings. The fourth-order valence-corrected chi connectivity index (χ4v) is 2.57. The standard InChI is InChI=1S/C17H23NO2/c1-5-15-13(9-10-20-15)17(18-6-2)14-11-12(3)7-8-16(14)19-4/h7-11,17-18H,5-6H2,1-4H3. The Bertz CT molecular complexity index is 560. The molecule has 3 heteroatoms. The van der Waals surface area contributed by atoms with Crippen LogP contribution in [0.1, 0.15) is 42.3 Å². The summed E-state index contributed by atoms with van der Waals surface area (Å²) in [4.78, 5) is 0. The average Bonchev–Trinajstić information content (AvgIpc) is 2.93. The van der Waals surface area contributed by atoms with Gasteiger partial charge in [0.25, 0.3) is 0 Å². The Morgan fingerprint density at radius 3 is 2.65 bits per heavy atom. The van der Waals surface area contributed by atoms with Gasteiger partial charge in [-0.15, -0.1) is 0 Å². The summed E-state index contributed by atoms with van der Waals surface area (Å²) in [5.41, 5.74) is 3.58. The van der Waals surface area contributed by atoms with Crippen LogP contribution in [0.3, 0.4) is 0 Å². The number of furan rings is 1.